The first-order valence-corrected chi connectivity index (χ1v) is 21.8. The van der Waals surface area contributed by atoms with E-state index in [4.69, 9.17) is 34.7 Å². The van der Waals surface area contributed by atoms with Crippen molar-refractivity contribution in [3.63, 3.8) is 0 Å². The number of benzene rings is 5. The van der Waals surface area contributed by atoms with E-state index in [1.54, 1.807) is 0 Å². The Bertz CT molecular complexity index is 2550. The molecule has 8 N–H and O–H groups in total. The van der Waals surface area contributed by atoms with Gasteiger partial charge in [0.25, 0.3) is 0 Å². The molecular formula is C48H53Cl2N9O3. The molecule has 7 rings (SSSR count). The van der Waals surface area contributed by atoms with Gasteiger partial charge in [0.05, 0.1) is 12.1 Å². The summed E-state index contributed by atoms with van der Waals surface area (Å²) >= 11 is 13.4. The van der Waals surface area contributed by atoms with Crippen LogP contribution >= 0.6 is 23.2 Å². The van der Waals surface area contributed by atoms with Crippen molar-refractivity contribution < 1.29 is 14.4 Å². The topological polar surface area (TPSA) is 172 Å². The van der Waals surface area contributed by atoms with Gasteiger partial charge < -0.3 is 37.3 Å². The number of aliphatic imine (C=N–C) groups is 1. The van der Waals surface area contributed by atoms with E-state index in [9.17, 15) is 14.4 Å². The molecule has 1 aliphatic heterocycles. The van der Waals surface area contributed by atoms with Gasteiger partial charge in [-0.3, -0.25) is 19.5 Å². The number of amides is 4. The summed E-state index contributed by atoms with van der Waals surface area (Å²) in [6.45, 7) is 6.02. The Balaban J connectivity index is 1.15. The van der Waals surface area contributed by atoms with Gasteiger partial charge in [-0.1, -0.05) is 108 Å². The number of carbonyl (C=O) groups is 3. The summed E-state index contributed by atoms with van der Waals surface area (Å²) in [6, 6.07) is 32.2. The molecule has 2 atom stereocenters. The van der Waals surface area contributed by atoms with Crippen LogP contribution < -0.4 is 32.7 Å². The summed E-state index contributed by atoms with van der Waals surface area (Å²) in [5, 5.41) is 16.1. The average Bonchev–Trinajstić information content (AvgIpc) is 3.87. The molecule has 2 heterocycles. The highest BCUT2D eigenvalue weighted by molar-refractivity contribution is 6.36. The highest BCUT2D eigenvalue weighted by Crippen LogP contribution is 2.34. The molecule has 0 saturated carbocycles. The fourth-order valence-corrected chi connectivity index (χ4v) is 8.64. The fourth-order valence-electron chi connectivity index (χ4n) is 8.12. The Morgan fingerprint density at radius 3 is 2.21 bits per heavy atom. The van der Waals surface area contributed by atoms with E-state index in [2.05, 4.69) is 42.7 Å². The summed E-state index contributed by atoms with van der Waals surface area (Å²) in [5.41, 5.74) is 17.4. The number of rotatable bonds is 17. The largest absolute Gasteiger partial charge is 0.370 e. The first-order valence-electron chi connectivity index (χ1n) is 21.0. The Kier molecular flexibility index (Phi) is 14.7. The lowest BCUT2D eigenvalue weighted by atomic mass is 10.0. The predicted molar refractivity (Wildman–Crippen MR) is 250 cm³/mol. The van der Waals surface area contributed by atoms with Crippen LogP contribution in [0.1, 0.15) is 53.6 Å². The van der Waals surface area contributed by atoms with Crippen LogP contribution in [0.25, 0.3) is 21.7 Å². The van der Waals surface area contributed by atoms with Crippen LogP contribution in [-0.4, -0.2) is 65.0 Å². The number of halogens is 2. The first-order chi connectivity index (χ1) is 30.0. The number of urea groups is 1. The number of fused-ring (bicyclic) bond motifs is 2. The fraction of sp³-hybridized carbons (Fsp3) is 0.292. The zero-order valence-electron chi connectivity index (χ0n) is 34.8. The maximum Gasteiger partial charge on any atom is 0.319 e. The maximum absolute atomic E-state index is 14.3. The van der Waals surface area contributed by atoms with E-state index < -0.39 is 24.0 Å². The van der Waals surface area contributed by atoms with Crippen LogP contribution in [0.4, 0.5) is 10.5 Å². The molecule has 4 amide bonds. The van der Waals surface area contributed by atoms with Crippen LogP contribution in [0.3, 0.4) is 0 Å². The summed E-state index contributed by atoms with van der Waals surface area (Å²) in [6.07, 6.45) is 3.21. The maximum atomic E-state index is 14.3. The molecule has 0 spiro atoms. The molecule has 322 valence electrons. The smallest absolute Gasteiger partial charge is 0.319 e. The molecule has 1 aromatic heterocycles. The van der Waals surface area contributed by atoms with Crippen molar-refractivity contribution in [2.75, 3.05) is 25.0 Å². The highest BCUT2D eigenvalue weighted by atomic mass is 35.5. The second kappa shape index (κ2) is 20.7. The third kappa shape index (κ3) is 11.2. The van der Waals surface area contributed by atoms with Crippen LogP contribution in [0.15, 0.2) is 114 Å². The van der Waals surface area contributed by atoms with Gasteiger partial charge in [-0.15, -0.1) is 0 Å². The van der Waals surface area contributed by atoms with Crippen LogP contribution in [0.2, 0.25) is 10.0 Å². The molecule has 1 saturated heterocycles. The number of hydrogen-bond acceptors (Lipinski definition) is 5. The molecule has 12 nitrogen and oxygen atoms in total. The molecule has 62 heavy (non-hydrogen) atoms. The van der Waals surface area contributed by atoms with Crippen molar-refractivity contribution in [2.45, 2.75) is 70.7 Å². The molecule has 0 unspecified atom stereocenters. The first kappa shape index (κ1) is 44.0. The lowest BCUT2D eigenvalue weighted by Crippen LogP contribution is -2.55. The normalized spacial score (nSPS) is 13.7. The average molecular weight is 875 g/mol. The number of guanidine groups is 1. The van der Waals surface area contributed by atoms with Gasteiger partial charge in [0.15, 0.2) is 5.96 Å². The number of carbonyl (C=O) groups excluding carboxylic acids is 3. The molecule has 0 radical (unpaired) electrons. The quantitative estimate of drug-likeness (QED) is 0.0313. The van der Waals surface area contributed by atoms with Crippen molar-refractivity contribution in [1.82, 2.24) is 25.4 Å². The van der Waals surface area contributed by atoms with Crippen LogP contribution in [0.5, 0.6) is 0 Å². The van der Waals surface area contributed by atoms with E-state index in [-0.39, 0.29) is 37.8 Å². The minimum Gasteiger partial charge on any atom is -0.370 e. The summed E-state index contributed by atoms with van der Waals surface area (Å²) < 4.78 is 2.20. The summed E-state index contributed by atoms with van der Waals surface area (Å²) in [5.74, 6) is -0.938. The number of likely N-dealkylation sites (tertiary alicyclic amines) is 1. The number of nitrogens with zero attached hydrogens (tertiary/aromatic N) is 3. The molecule has 14 heteroatoms. The summed E-state index contributed by atoms with van der Waals surface area (Å²) in [4.78, 5) is 48.5. The Hall–Kier alpha value is -6.08. The van der Waals surface area contributed by atoms with Gasteiger partial charge in [0, 0.05) is 58.4 Å². The monoisotopic (exact) mass is 873 g/mol. The molecule has 5 aromatic carbocycles. The predicted octanol–water partition coefficient (Wildman–Crippen LogP) is 7.64. The number of hydrogen-bond donors (Lipinski definition) is 6. The van der Waals surface area contributed by atoms with Crippen molar-refractivity contribution in [2.24, 2.45) is 16.5 Å². The lowest BCUT2D eigenvalue weighted by molar-refractivity contribution is -0.130. The van der Waals surface area contributed by atoms with Gasteiger partial charge in [0.1, 0.15) is 12.1 Å². The van der Waals surface area contributed by atoms with Crippen molar-refractivity contribution in [3.05, 3.63) is 147 Å². The van der Waals surface area contributed by atoms with Gasteiger partial charge in [-0.05, 0) is 97.4 Å². The zero-order chi connectivity index (χ0) is 43.6. The van der Waals surface area contributed by atoms with Crippen molar-refractivity contribution in [3.8, 4) is 0 Å². The lowest BCUT2D eigenvalue weighted by Gasteiger charge is -2.24. The molecule has 0 bridgehead atoms. The van der Waals surface area contributed by atoms with Gasteiger partial charge in [0.2, 0.25) is 11.8 Å². The SMILES string of the molecule is Cc1c(CN2CCCC2)c2ccc(NC(=O)N[C@@H](Cc3ccc4ccccc4c3)C(=O)N[C@@H](CCCN=C(N)N)C(=O)NCc3ccccc3)cc2n1Cc1c(Cl)cccc1Cl. The van der Waals surface area contributed by atoms with E-state index in [1.807, 2.05) is 109 Å². The third-order valence-corrected chi connectivity index (χ3v) is 12.1. The Labute approximate surface area is 372 Å². The van der Waals surface area contributed by atoms with E-state index >= 15 is 0 Å². The second-order valence-corrected chi connectivity index (χ2v) is 16.6. The van der Waals surface area contributed by atoms with E-state index in [0.29, 0.717) is 28.7 Å². The third-order valence-electron chi connectivity index (χ3n) is 11.4. The number of anilines is 1. The van der Waals surface area contributed by atoms with E-state index in [0.717, 1.165) is 63.7 Å². The van der Waals surface area contributed by atoms with Crippen molar-refractivity contribution >= 4 is 74.4 Å². The minimum absolute atomic E-state index is 0.0558. The van der Waals surface area contributed by atoms with Gasteiger partial charge in [-0.2, -0.15) is 0 Å². The molecule has 0 aliphatic carbocycles. The van der Waals surface area contributed by atoms with E-state index in [1.165, 1.54) is 18.4 Å². The second-order valence-electron chi connectivity index (χ2n) is 15.8. The molecule has 1 aliphatic rings. The van der Waals surface area contributed by atoms with Crippen LogP contribution in [0, 0.1) is 6.92 Å². The van der Waals surface area contributed by atoms with Crippen LogP contribution in [-0.2, 0) is 35.6 Å². The highest BCUT2D eigenvalue weighted by Gasteiger charge is 2.28. The molecular weight excluding hydrogens is 821 g/mol. The number of nitrogens with two attached hydrogens (primary N) is 2. The number of nitrogens with one attached hydrogen (secondary N) is 4. The molecule has 1 fully saturated rings. The Morgan fingerprint density at radius 2 is 1.47 bits per heavy atom. The molecule has 6 aromatic rings. The number of aromatic nitrogens is 1. The Morgan fingerprint density at radius 1 is 0.742 bits per heavy atom. The van der Waals surface area contributed by atoms with Gasteiger partial charge in [-0.25, -0.2) is 4.79 Å². The zero-order valence-corrected chi connectivity index (χ0v) is 36.3. The van der Waals surface area contributed by atoms with Gasteiger partial charge >= 0.3 is 6.03 Å². The minimum atomic E-state index is -1.05. The standard InChI is InChI=1S/C48H53Cl2N9O3/c1-31-38(29-58-23-7-8-24-58)37-21-20-36(27-44(37)59(31)30-39-40(49)15-9-16-41(39)50)55-48(62)57-43(26-33-18-19-34-13-5-6-14-35(34)25-33)46(61)56-42(17-10-22-53-47(51)52)45(60)54-28-32-11-3-2-4-12-32/h2-6,9,11-16,18-21,25,27,42-43H,7-8,10,17,22-24,26,28-30H2,1H3,(H,54,60)(H,56,61)(H4,51,52,53)(H2,55,57,62)/t42-,43-/m0/s1. The van der Waals surface area contributed by atoms with Crippen molar-refractivity contribution in [1.29, 1.82) is 0 Å². The summed E-state index contributed by atoms with van der Waals surface area (Å²) in [7, 11) is 0.